The summed E-state index contributed by atoms with van der Waals surface area (Å²) in [5.74, 6) is 0. The van der Waals surface area contributed by atoms with Crippen molar-refractivity contribution in [2.75, 3.05) is 51.8 Å². The van der Waals surface area contributed by atoms with E-state index < -0.39 is 0 Å². The minimum Gasteiger partial charge on any atom is -0.369 e. The average Bonchev–Trinajstić information content (AvgIpc) is 2.45. The molecule has 0 bridgehead atoms. The van der Waals surface area contributed by atoms with Crippen LogP contribution in [0, 0.1) is 0 Å². The van der Waals surface area contributed by atoms with Crippen LogP contribution in [0.4, 0.5) is 5.69 Å². The molecule has 2 rings (SSSR count). The Bertz CT molecular complexity index is 391. The van der Waals surface area contributed by atoms with Crippen LogP contribution in [0.5, 0.6) is 0 Å². The first-order valence-electron chi connectivity index (χ1n) is 6.51. The molecule has 1 heterocycles. The fraction of sp³-hybridized carbons (Fsp3) is 0.571. The molecule has 0 amide bonds. The van der Waals surface area contributed by atoms with E-state index in [-0.39, 0.29) is 6.29 Å². The van der Waals surface area contributed by atoms with Crippen molar-refractivity contribution in [1.29, 1.82) is 0 Å². The highest BCUT2D eigenvalue weighted by molar-refractivity contribution is 6.30. The molecule has 0 aliphatic carbocycles. The molecule has 1 aromatic carbocycles. The number of methoxy groups -OCH3 is 2. The number of nitrogens with zero attached hydrogens (tertiary/aromatic N) is 2. The first-order valence-corrected chi connectivity index (χ1v) is 6.89. The van der Waals surface area contributed by atoms with Gasteiger partial charge in [-0.3, -0.25) is 4.90 Å². The quantitative estimate of drug-likeness (QED) is 0.773. The SMILES string of the molecule is COC(CN1CCN(c2cccc(Cl)c2)CC1)OC. The zero-order chi connectivity index (χ0) is 13.7. The smallest absolute Gasteiger partial charge is 0.169 e. The second-order valence-corrected chi connectivity index (χ2v) is 5.10. The van der Waals surface area contributed by atoms with E-state index in [1.807, 2.05) is 18.2 Å². The molecular formula is C14H21ClN2O2. The minimum atomic E-state index is -0.141. The van der Waals surface area contributed by atoms with Gasteiger partial charge in [-0.2, -0.15) is 0 Å². The third-order valence-electron chi connectivity index (χ3n) is 3.48. The summed E-state index contributed by atoms with van der Waals surface area (Å²) in [6.45, 7) is 4.84. The number of rotatable bonds is 5. The number of anilines is 1. The van der Waals surface area contributed by atoms with Crippen LogP contribution in [0.3, 0.4) is 0 Å². The number of hydrogen-bond acceptors (Lipinski definition) is 4. The van der Waals surface area contributed by atoms with Gasteiger partial charge in [0, 0.05) is 57.7 Å². The minimum absolute atomic E-state index is 0.141. The van der Waals surface area contributed by atoms with Crippen LogP contribution < -0.4 is 4.90 Å². The normalized spacial score (nSPS) is 17.2. The van der Waals surface area contributed by atoms with Gasteiger partial charge in [0.05, 0.1) is 0 Å². The summed E-state index contributed by atoms with van der Waals surface area (Å²) in [4.78, 5) is 4.72. The molecule has 1 aromatic rings. The largest absolute Gasteiger partial charge is 0.369 e. The van der Waals surface area contributed by atoms with Crippen LogP contribution in [0.1, 0.15) is 0 Å². The summed E-state index contributed by atoms with van der Waals surface area (Å²) in [5.41, 5.74) is 1.20. The predicted molar refractivity (Wildman–Crippen MR) is 77.9 cm³/mol. The first kappa shape index (κ1) is 14.6. The fourth-order valence-corrected chi connectivity index (χ4v) is 2.50. The van der Waals surface area contributed by atoms with Gasteiger partial charge in [0.15, 0.2) is 6.29 Å². The summed E-state index contributed by atoms with van der Waals surface area (Å²) in [6, 6.07) is 8.03. The van der Waals surface area contributed by atoms with E-state index in [1.54, 1.807) is 14.2 Å². The number of hydrogen-bond donors (Lipinski definition) is 0. The Labute approximate surface area is 119 Å². The molecule has 0 radical (unpaired) electrons. The number of ether oxygens (including phenoxy) is 2. The Morgan fingerprint density at radius 1 is 1.16 bits per heavy atom. The van der Waals surface area contributed by atoms with E-state index in [0.717, 1.165) is 37.7 Å². The van der Waals surface area contributed by atoms with Crippen LogP contribution in [0.15, 0.2) is 24.3 Å². The summed E-state index contributed by atoms with van der Waals surface area (Å²) in [7, 11) is 3.35. The third kappa shape index (κ3) is 4.08. The van der Waals surface area contributed by atoms with Gasteiger partial charge in [0.25, 0.3) is 0 Å². The molecule has 0 saturated carbocycles. The summed E-state index contributed by atoms with van der Waals surface area (Å²) in [5, 5.41) is 0.791. The zero-order valence-electron chi connectivity index (χ0n) is 11.5. The van der Waals surface area contributed by atoms with Crippen molar-refractivity contribution >= 4 is 17.3 Å². The molecule has 1 fully saturated rings. The molecule has 1 aliphatic rings. The first-order chi connectivity index (χ1) is 9.22. The average molecular weight is 285 g/mol. The molecule has 0 atom stereocenters. The van der Waals surface area contributed by atoms with Gasteiger partial charge in [-0.05, 0) is 18.2 Å². The second kappa shape index (κ2) is 7.10. The molecule has 0 aromatic heterocycles. The molecule has 0 unspecified atom stereocenters. The lowest BCUT2D eigenvalue weighted by Gasteiger charge is -2.37. The Balaban J connectivity index is 1.85. The van der Waals surface area contributed by atoms with E-state index in [2.05, 4.69) is 15.9 Å². The van der Waals surface area contributed by atoms with Gasteiger partial charge < -0.3 is 14.4 Å². The van der Waals surface area contributed by atoms with Crippen molar-refractivity contribution in [3.8, 4) is 0 Å². The molecule has 1 aliphatic heterocycles. The maximum Gasteiger partial charge on any atom is 0.169 e. The Kier molecular flexibility index (Phi) is 5.45. The van der Waals surface area contributed by atoms with E-state index in [9.17, 15) is 0 Å². The highest BCUT2D eigenvalue weighted by Crippen LogP contribution is 2.20. The lowest BCUT2D eigenvalue weighted by atomic mass is 10.2. The van der Waals surface area contributed by atoms with E-state index in [1.165, 1.54) is 5.69 Å². The van der Waals surface area contributed by atoms with Gasteiger partial charge in [-0.25, -0.2) is 0 Å². The van der Waals surface area contributed by atoms with Crippen molar-refractivity contribution < 1.29 is 9.47 Å². The van der Waals surface area contributed by atoms with Gasteiger partial charge in [-0.1, -0.05) is 17.7 Å². The molecule has 1 saturated heterocycles. The van der Waals surface area contributed by atoms with Crippen molar-refractivity contribution in [3.05, 3.63) is 29.3 Å². The molecular weight excluding hydrogens is 264 g/mol. The molecule has 0 spiro atoms. The zero-order valence-corrected chi connectivity index (χ0v) is 12.3. The van der Waals surface area contributed by atoms with Crippen LogP contribution in [0.2, 0.25) is 5.02 Å². The summed E-state index contributed by atoms with van der Waals surface area (Å²) in [6.07, 6.45) is -0.141. The van der Waals surface area contributed by atoms with Gasteiger partial charge >= 0.3 is 0 Å². The predicted octanol–water partition coefficient (Wildman–Crippen LogP) is 2.08. The number of halogens is 1. The topological polar surface area (TPSA) is 24.9 Å². The lowest BCUT2D eigenvalue weighted by Crippen LogP contribution is -2.49. The molecule has 5 heteroatoms. The van der Waals surface area contributed by atoms with Crippen LogP contribution in [0.25, 0.3) is 0 Å². The van der Waals surface area contributed by atoms with E-state index in [4.69, 9.17) is 21.1 Å². The van der Waals surface area contributed by atoms with Crippen LogP contribution in [-0.4, -0.2) is 58.1 Å². The monoisotopic (exact) mass is 284 g/mol. The highest BCUT2D eigenvalue weighted by atomic mass is 35.5. The van der Waals surface area contributed by atoms with Crippen molar-refractivity contribution in [2.45, 2.75) is 6.29 Å². The molecule has 106 valence electrons. The molecule has 19 heavy (non-hydrogen) atoms. The van der Waals surface area contributed by atoms with Crippen molar-refractivity contribution in [2.24, 2.45) is 0 Å². The summed E-state index contributed by atoms with van der Waals surface area (Å²) >= 11 is 6.03. The Morgan fingerprint density at radius 3 is 2.42 bits per heavy atom. The third-order valence-corrected chi connectivity index (χ3v) is 3.71. The van der Waals surface area contributed by atoms with Crippen molar-refractivity contribution in [3.63, 3.8) is 0 Å². The Hall–Kier alpha value is -0.810. The molecule has 4 nitrogen and oxygen atoms in total. The number of benzene rings is 1. The van der Waals surface area contributed by atoms with Crippen LogP contribution in [-0.2, 0) is 9.47 Å². The van der Waals surface area contributed by atoms with Gasteiger partial charge in [-0.15, -0.1) is 0 Å². The highest BCUT2D eigenvalue weighted by Gasteiger charge is 2.20. The van der Waals surface area contributed by atoms with Gasteiger partial charge in [0.2, 0.25) is 0 Å². The molecule has 0 N–H and O–H groups in total. The van der Waals surface area contributed by atoms with Crippen LogP contribution >= 0.6 is 11.6 Å². The lowest BCUT2D eigenvalue weighted by molar-refractivity contribution is -0.116. The maximum atomic E-state index is 6.03. The summed E-state index contributed by atoms with van der Waals surface area (Å²) < 4.78 is 10.5. The standard InChI is InChI=1S/C14H21ClN2O2/c1-18-14(19-2)11-16-6-8-17(9-7-16)13-5-3-4-12(15)10-13/h3-5,10,14H,6-9,11H2,1-2H3. The van der Waals surface area contributed by atoms with E-state index in [0.29, 0.717) is 0 Å². The number of piperazine rings is 1. The maximum absolute atomic E-state index is 6.03. The van der Waals surface area contributed by atoms with Gasteiger partial charge in [0.1, 0.15) is 0 Å². The van der Waals surface area contributed by atoms with Crippen molar-refractivity contribution in [1.82, 2.24) is 4.90 Å². The van der Waals surface area contributed by atoms with E-state index >= 15 is 0 Å². The second-order valence-electron chi connectivity index (χ2n) is 4.67. The Morgan fingerprint density at radius 2 is 1.84 bits per heavy atom. The fourth-order valence-electron chi connectivity index (χ4n) is 2.32.